The number of aliphatic hydroxyl groups is 1. The quantitative estimate of drug-likeness (QED) is 0.746. The first kappa shape index (κ1) is 17.6. The molecule has 0 bridgehead atoms. The molecular formula is C14H23N3O3S. The van der Waals surface area contributed by atoms with Crippen molar-refractivity contribution >= 4 is 28.3 Å². The third-order valence-corrected chi connectivity index (χ3v) is 4.19. The van der Waals surface area contributed by atoms with E-state index in [9.17, 15) is 14.7 Å². The fourth-order valence-corrected chi connectivity index (χ4v) is 2.31. The summed E-state index contributed by atoms with van der Waals surface area (Å²) in [5, 5.41) is 15.3. The Kier molecular flexibility index (Phi) is 6.29. The highest BCUT2D eigenvalue weighted by atomic mass is 32.1. The number of amides is 2. The maximum atomic E-state index is 12.0. The normalized spacial score (nSPS) is 14.1. The van der Waals surface area contributed by atoms with Gasteiger partial charge in [-0.3, -0.25) is 9.59 Å². The molecule has 0 spiro atoms. The summed E-state index contributed by atoms with van der Waals surface area (Å²) < 4.78 is 0. The standard InChI is InChI=1S/C14H23N3O3S/c1-7(2)10-6-15-14(21-10)17-12(19)9(5)16-13(20)11(18)8(3)4/h6-9,11,18H,1-5H3,(H,16,20)(H,15,17,19). The summed E-state index contributed by atoms with van der Waals surface area (Å²) in [7, 11) is 0. The molecule has 1 aromatic heterocycles. The highest BCUT2D eigenvalue weighted by molar-refractivity contribution is 7.15. The van der Waals surface area contributed by atoms with Crippen LogP contribution in [0.5, 0.6) is 0 Å². The largest absolute Gasteiger partial charge is 0.383 e. The average Bonchev–Trinajstić information content (AvgIpc) is 2.86. The van der Waals surface area contributed by atoms with E-state index in [-0.39, 0.29) is 11.8 Å². The Balaban J connectivity index is 2.56. The van der Waals surface area contributed by atoms with E-state index < -0.39 is 18.1 Å². The Hall–Kier alpha value is -1.47. The number of rotatable bonds is 6. The van der Waals surface area contributed by atoms with Crippen LogP contribution in [0.1, 0.15) is 45.4 Å². The molecule has 2 unspecified atom stereocenters. The van der Waals surface area contributed by atoms with E-state index in [0.717, 1.165) is 4.88 Å². The zero-order valence-corrected chi connectivity index (χ0v) is 13.8. The average molecular weight is 313 g/mol. The highest BCUT2D eigenvalue weighted by Gasteiger charge is 2.23. The molecular weight excluding hydrogens is 290 g/mol. The number of carbonyl (C=O) groups is 2. The molecule has 1 rings (SSSR count). The van der Waals surface area contributed by atoms with Crippen LogP contribution in [-0.4, -0.2) is 34.1 Å². The fraction of sp³-hybridized carbons (Fsp3) is 0.643. The summed E-state index contributed by atoms with van der Waals surface area (Å²) in [6.07, 6.45) is 0.615. The molecule has 21 heavy (non-hydrogen) atoms. The van der Waals surface area contributed by atoms with Crippen LogP contribution in [0.2, 0.25) is 0 Å². The Labute approximate surface area is 129 Å². The van der Waals surface area contributed by atoms with Crippen LogP contribution >= 0.6 is 11.3 Å². The molecule has 118 valence electrons. The lowest BCUT2D eigenvalue weighted by Crippen LogP contribution is -2.47. The van der Waals surface area contributed by atoms with Crippen LogP contribution in [0.4, 0.5) is 5.13 Å². The smallest absolute Gasteiger partial charge is 0.249 e. The number of nitrogens with zero attached hydrogens (tertiary/aromatic N) is 1. The number of nitrogens with one attached hydrogen (secondary N) is 2. The number of aliphatic hydroxyl groups excluding tert-OH is 1. The van der Waals surface area contributed by atoms with Crippen molar-refractivity contribution in [2.75, 3.05) is 5.32 Å². The van der Waals surface area contributed by atoms with Gasteiger partial charge in [-0.25, -0.2) is 4.98 Å². The second-order valence-corrected chi connectivity index (χ2v) is 6.69. The second-order valence-electron chi connectivity index (χ2n) is 5.63. The van der Waals surface area contributed by atoms with E-state index in [1.54, 1.807) is 27.0 Å². The van der Waals surface area contributed by atoms with Crippen molar-refractivity contribution in [3.05, 3.63) is 11.1 Å². The molecule has 2 atom stereocenters. The fourth-order valence-electron chi connectivity index (χ4n) is 1.49. The van der Waals surface area contributed by atoms with Crippen molar-refractivity contribution in [2.45, 2.75) is 52.7 Å². The maximum Gasteiger partial charge on any atom is 0.249 e. The molecule has 2 amide bonds. The van der Waals surface area contributed by atoms with E-state index in [2.05, 4.69) is 29.5 Å². The number of hydrogen-bond acceptors (Lipinski definition) is 5. The van der Waals surface area contributed by atoms with Gasteiger partial charge in [-0.1, -0.05) is 27.7 Å². The van der Waals surface area contributed by atoms with Crippen molar-refractivity contribution in [2.24, 2.45) is 5.92 Å². The molecule has 7 heteroatoms. The third-order valence-electron chi connectivity index (χ3n) is 2.97. The Morgan fingerprint density at radius 2 is 1.81 bits per heavy atom. The molecule has 1 aromatic rings. The molecule has 3 N–H and O–H groups in total. The molecule has 0 aliphatic heterocycles. The first-order chi connectivity index (χ1) is 9.72. The van der Waals surface area contributed by atoms with Crippen molar-refractivity contribution in [3.8, 4) is 0 Å². The summed E-state index contributed by atoms with van der Waals surface area (Å²) >= 11 is 1.41. The highest BCUT2D eigenvalue weighted by Crippen LogP contribution is 2.25. The lowest BCUT2D eigenvalue weighted by molar-refractivity contribution is -0.134. The van der Waals surface area contributed by atoms with Gasteiger partial charge in [0.25, 0.3) is 0 Å². The predicted molar refractivity (Wildman–Crippen MR) is 83.3 cm³/mol. The number of anilines is 1. The van der Waals surface area contributed by atoms with Crippen LogP contribution in [0.25, 0.3) is 0 Å². The summed E-state index contributed by atoms with van der Waals surface area (Å²) in [4.78, 5) is 28.9. The SMILES string of the molecule is CC(NC(=O)C(O)C(C)C)C(=O)Nc1ncc(C(C)C)s1. The molecule has 0 saturated heterocycles. The number of hydrogen-bond donors (Lipinski definition) is 3. The maximum absolute atomic E-state index is 12.0. The van der Waals surface area contributed by atoms with Crippen LogP contribution in [-0.2, 0) is 9.59 Å². The zero-order valence-electron chi connectivity index (χ0n) is 13.0. The Morgan fingerprint density at radius 3 is 2.29 bits per heavy atom. The van der Waals surface area contributed by atoms with Gasteiger partial charge in [0.05, 0.1) is 0 Å². The number of carbonyl (C=O) groups excluding carboxylic acids is 2. The summed E-state index contributed by atoms with van der Waals surface area (Å²) in [5.74, 6) is -0.752. The Morgan fingerprint density at radius 1 is 1.19 bits per heavy atom. The molecule has 0 fully saturated rings. The van der Waals surface area contributed by atoms with E-state index in [1.165, 1.54) is 11.3 Å². The second kappa shape index (κ2) is 7.51. The van der Waals surface area contributed by atoms with Crippen LogP contribution in [0.15, 0.2) is 6.20 Å². The van der Waals surface area contributed by atoms with E-state index in [0.29, 0.717) is 11.0 Å². The Bertz CT molecular complexity index is 499. The van der Waals surface area contributed by atoms with E-state index in [4.69, 9.17) is 0 Å². The van der Waals surface area contributed by atoms with Gasteiger partial charge in [-0.05, 0) is 18.8 Å². The van der Waals surface area contributed by atoms with Gasteiger partial charge in [0, 0.05) is 11.1 Å². The minimum absolute atomic E-state index is 0.201. The predicted octanol–water partition coefficient (Wildman–Crippen LogP) is 1.73. The number of thiazole rings is 1. The molecule has 0 saturated carbocycles. The van der Waals surface area contributed by atoms with Gasteiger partial charge < -0.3 is 15.7 Å². The number of aromatic nitrogens is 1. The van der Waals surface area contributed by atoms with Crippen LogP contribution in [0.3, 0.4) is 0 Å². The van der Waals surface area contributed by atoms with Gasteiger partial charge in [0.15, 0.2) is 5.13 Å². The van der Waals surface area contributed by atoms with Gasteiger partial charge in [0.1, 0.15) is 12.1 Å². The minimum Gasteiger partial charge on any atom is -0.383 e. The van der Waals surface area contributed by atoms with E-state index >= 15 is 0 Å². The lowest BCUT2D eigenvalue weighted by Gasteiger charge is -2.18. The molecule has 6 nitrogen and oxygen atoms in total. The molecule has 0 aliphatic rings. The minimum atomic E-state index is -1.12. The molecule has 1 heterocycles. The van der Waals surface area contributed by atoms with Gasteiger partial charge in [0.2, 0.25) is 11.8 Å². The van der Waals surface area contributed by atoms with Crippen LogP contribution in [0, 0.1) is 5.92 Å². The molecule has 0 radical (unpaired) electrons. The van der Waals surface area contributed by atoms with Crippen molar-refractivity contribution in [1.82, 2.24) is 10.3 Å². The molecule has 0 aliphatic carbocycles. The first-order valence-electron chi connectivity index (χ1n) is 6.97. The molecule has 0 aromatic carbocycles. The van der Waals surface area contributed by atoms with Crippen molar-refractivity contribution in [3.63, 3.8) is 0 Å². The topological polar surface area (TPSA) is 91.3 Å². The summed E-state index contributed by atoms with van der Waals surface area (Å²) in [6.45, 7) is 9.14. The first-order valence-corrected chi connectivity index (χ1v) is 7.79. The van der Waals surface area contributed by atoms with Gasteiger partial charge in [-0.15, -0.1) is 11.3 Å². The summed E-state index contributed by atoms with van der Waals surface area (Å²) in [5.41, 5.74) is 0. The van der Waals surface area contributed by atoms with Gasteiger partial charge in [-0.2, -0.15) is 0 Å². The third kappa shape index (κ3) is 5.09. The summed E-state index contributed by atoms with van der Waals surface area (Å²) in [6, 6.07) is -0.739. The van der Waals surface area contributed by atoms with Gasteiger partial charge >= 0.3 is 0 Å². The van der Waals surface area contributed by atoms with Crippen molar-refractivity contribution in [1.29, 1.82) is 0 Å². The van der Waals surface area contributed by atoms with Crippen molar-refractivity contribution < 1.29 is 14.7 Å². The van der Waals surface area contributed by atoms with Crippen LogP contribution < -0.4 is 10.6 Å². The monoisotopic (exact) mass is 313 g/mol. The zero-order chi connectivity index (χ0) is 16.2. The van der Waals surface area contributed by atoms with E-state index in [1.807, 2.05) is 0 Å². The lowest BCUT2D eigenvalue weighted by atomic mass is 10.1.